The van der Waals surface area contributed by atoms with Crippen LogP contribution in [0, 0.1) is 0 Å². The summed E-state index contributed by atoms with van der Waals surface area (Å²) in [5, 5.41) is 10.6. The molecule has 0 saturated carbocycles. The number of benzene rings is 2. The zero-order chi connectivity index (χ0) is 14.1. The van der Waals surface area contributed by atoms with Crippen molar-refractivity contribution in [2.24, 2.45) is 0 Å². The zero-order valence-corrected chi connectivity index (χ0v) is 11.2. The Balaban J connectivity index is 2.21. The van der Waals surface area contributed by atoms with Crippen LogP contribution >= 0.6 is 11.6 Å². The van der Waals surface area contributed by atoms with Crippen LogP contribution in [0.4, 0.5) is 0 Å². The third-order valence-electron chi connectivity index (χ3n) is 3.17. The molecule has 1 aromatic heterocycles. The topological polar surface area (TPSA) is 50.4 Å². The van der Waals surface area contributed by atoms with E-state index >= 15 is 0 Å². The van der Waals surface area contributed by atoms with Gasteiger partial charge >= 0.3 is 0 Å². The molecule has 0 unspecified atom stereocenters. The minimum absolute atomic E-state index is 0.141. The Kier molecular flexibility index (Phi) is 3.30. The van der Waals surface area contributed by atoms with Gasteiger partial charge in [-0.2, -0.15) is 0 Å². The van der Waals surface area contributed by atoms with Gasteiger partial charge in [0.1, 0.15) is 0 Å². The summed E-state index contributed by atoms with van der Waals surface area (Å²) in [7, 11) is 0. The summed E-state index contributed by atoms with van der Waals surface area (Å²) in [6, 6.07) is 14.0. The van der Waals surface area contributed by atoms with Crippen LogP contribution in [0.5, 0.6) is 0 Å². The largest absolute Gasteiger partial charge is 0.451 e. The maximum absolute atomic E-state index is 12.5. The number of rotatable bonds is 3. The van der Waals surface area contributed by atoms with E-state index in [1.54, 1.807) is 42.5 Å². The van der Waals surface area contributed by atoms with E-state index in [4.69, 9.17) is 16.0 Å². The van der Waals surface area contributed by atoms with Crippen LogP contribution in [0.15, 0.2) is 52.9 Å². The number of aliphatic hydroxyl groups excluding tert-OH is 1. The average molecular weight is 287 g/mol. The Bertz CT molecular complexity index is 775. The van der Waals surface area contributed by atoms with Gasteiger partial charge in [-0.25, -0.2) is 0 Å². The first-order valence-electron chi connectivity index (χ1n) is 6.13. The lowest BCUT2D eigenvalue weighted by molar-refractivity contribution is 0.101. The first-order chi connectivity index (χ1) is 9.72. The second kappa shape index (κ2) is 5.12. The van der Waals surface area contributed by atoms with Crippen LogP contribution in [0.25, 0.3) is 11.0 Å². The summed E-state index contributed by atoms with van der Waals surface area (Å²) >= 11 is 6.06. The third kappa shape index (κ3) is 2.01. The van der Waals surface area contributed by atoms with E-state index in [-0.39, 0.29) is 18.2 Å². The number of fused-ring (bicyclic) bond motifs is 1. The molecule has 1 heterocycles. The number of carbonyl (C=O) groups excluding carboxylic acids is 1. The van der Waals surface area contributed by atoms with Crippen LogP contribution in [-0.4, -0.2) is 10.9 Å². The van der Waals surface area contributed by atoms with Gasteiger partial charge in [-0.3, -0.25) is 4.79 Å². The van der Waals surface area contributed by atoms with Gasteiger partial charge in [0.25, 0.3) is 0 Å². The highest BCUT2D eigenvalue weighted by molar-refractivity contribution is 6.35. The van der Waals surface area contributed by atoms with E-state index in [1.807, 2.05) is 6.07 Å². The fourth-order valence-corrected chi connectivity index (χ4v) is 2.41. The fourth-order valence-electron chi connectivity index (χ4n) is 2.20. The molecular formula is C16H11ClO3. The molecule has 2 aromatic carbocycles. The Hall–Kier alpha value is -2.10. The van der Waals surface area contributed by atoms with Crippen LogP contribution in [0.3, 0.4) is 0 Å². The normalized spacial score (nSPS) is 10.9. The van der Waals surface area contributed by atoms with Crippen LogP contribution in [0.1, 0.15) is 21.7 Å². The second-order valence-electron chi connectivity index (χ2n) is 4.38. The minimum Gasteiger partial charge on any atom is -0.451 e. The van der Waals surface area contributed by atoms with E-state index in [2.05, 4.69) is 0 Å². The molecular weight excluding hydrogens is 276 g/mol. The van der Waals surface area contributed by atoms with E-state index in [9.17, 15) is 9.90 Å². The molecule has 0 amide bonds. The standard InChI is InChI=1S/C16H11ClO3/c17-13-8-4-7-11-12(9-18)16(20-15(11)13)14(19)10-5-2-1-3-6-10/h1-8,18H,9H2. The van der Waals surface area contributed by atoms with Crippen molar-refractivity contribution in [2.75, 3.05) is 0 Å². The molecule has 0 fully saturated rings. The quantitative estimate of drug-likeness (QED) is 0.745. The van der Waals surface area contributed by atoms with Gasteiger partial charge in [0.2, 0.25) is 5.78 Å². The maximum atomic E-state index is 12.5. The molecule has 1 N–H and O–H groups in total. The maximum Gasteiger partial charge on any atom is 0.228 e. The van der Waals surface area contributed by atoms with Gasteiger partial charge in [-0.1, -0.05) is 54.1 Å². The summed E-state index contributed by atoms with van der Waals surface area (Å²) in [5.41, 5.74) is 1.41. The molecule has 3 rings (SSSR count). The minimum atomic E-state index is -0.277. The number of ketones is 1. The molecule has 0 aliphatic heterocycles. The molecule has 3 aromatic rings. The van der Waals surface area contributed by atoms with Crippen molar-refractivity contribution in [1.29, 1.82) is 0 Å². The van der Waals surface area contributed by atoms with Gasteiger partial charge in [0, 0.05) is 16.5 Å². The molecule has 3 nitrogen and oxygen atoms in total. The molecule has 0 spiro atoms. The number of halogens is 1. The van der Waals surface area contributed by atoms with E-state index < -0.39 is 0 Å². The Morgan fingerprint density at radius 3 is 2.55 bits per heavy atom. The summed E-state index contributed by atoms with van der Waals surface area (Å²) < 4.78 is 5.60. The van der Waals surface area contributed by atoms with Gasteiger partial charge in [-0.15, -0.1) is 0 Å². The van der Waals surface area contributed by atoms with Crippen molar-refractivity contribution in [3.8, 4) is 0 Å². The molecule has 0 aliphatic carbocycles. The summed E-state index contributed by atoms with van der Waals surface area (Å²) in [6.45, 7) is -0.277. The van der Waals surface area contributed by atoms with E-state index in [1.165, 1.54) is 0 Å². The number of furan rings is 1. The number of carbonyl (C=O) groups is 1. The molecule has 20 heavy (non-hydrogen) atoms. The highest BCUT2D eigenvalue weighted by Crippen LogP contribution is 2.32. The molecule has 0 saturated heterocycles. The molecule has 0 atom stereocenters. The van der Waals surface area contributed by atoms with Gasteiger partial charge in [0.15, 0.2) is 11.3 Å². The van der Waals surface area contributed by atoms with E-state index in [0.29, 0.717) is 27.1 Å². The smallest absolute Gasteiger partial charge is 0.228 e. The van der Waals surface area contributed by atoms with Gasteiger partial charge in [0.05, 0.1) is 11.6 Å². The lowest BCUT2D eigenvalue weighted by atomic mass is 10.0. The zero-order valence-electron chi connectivity index (χ0n) is 10.5. The third-order valence-corrected chi connectivity index (χ3v) is 3.47. The average Bonchev–Trinajstić information content (AvgIpc) is 2.87. The van der Waals surface area contributed by atoms with E-state index in [0.717, 1.165) is 0 Å². The number of hydrogen-bond acceptors (Lipinski definition) is 3. The number of hydrogen-bond donors (Lipinski definition) is 1. The first-order valence-corrected chi connectivity index (χ1v) is 6.50. The highest BCUT2D eigenvalue weighted by Gasteiger charge is 2.22. The molecule has 100 valence electrons. The number of aliphatic hydroxyl groups is 1. The second-order valence-corrected chi connectivity index (χ2v) is 4.79. The van der Waals surface area contributed by atoms with Gasteiger partial charge in [-0.05, 0) is 6.07 Å². The fraction of sp³-hybridized carbons (Fsp3) is 0.0625. The summed E-state index contributed by atoms with van der Waals surface area (Å²) in [6.07, 6.45) is 0. The van der Waals surface area contributed by atoms with Crippen molar-refractivity contribution in [3.05, 3.63) is 70.4 Å². The SMILES string of the molecule is O=C(c1ccccc1)c1oc2c(Cl)cccc2c1CO. The highest BCUT2D eigenvalue weighted by atomic mass is 35.5. The van der Waals surface area contributed by atoms with Crippen molar-refractivity contribution in [2.45, 2.75) is 6.61 Å². The lowest BCUT2D eigenvalue weighted by Crippen LogP contribution is -2.02. The van der Waals surface area contributed by atoms with Crippen molar-refractivity contribution < 1.29 is 14.3 Å². The predicted molar refractivity (Wildman–Crippen MR) is 77.0 cm³/mol. The van der Waals surface area contributed by atoms with Crippen LogP contribution in [-0.2, 0) is 6.61 Å². The summed E-state index contributed by atoms with van der Waals surface area (Å²) in [5.74, 6) is -0.122. The molecule has 0 bridgehead atoms. The summed E-state index contributed by atoms with van der Waals surface area (Å²) in [4.78, 5) is 12.5. The van der Waals surface area contributed by atoms with Crippen molar-refractivity contribution in [3.63, 3.8) is 0 Å². The van der Waals surface area contributed by atoms with Crippen molar-refractivity contribution in [1.82, 2.24) is 0 Å². The number of para-hydroxylation sites is 1. The van der Waals surface area contributed by atoms with Crippen molar-refractivity contribution >= 4 is 28.4 Å². The Morgan fingerprint density at radius 1 is 1.10 bits per heavy atom. The Morgan fingerprint density at radius 2 is 1.85 bits per heavy atom. The monoisotopic (exact) mass is 286 g/mol. The molecule has 4 heteroatoms. The first kappa shape index (κ1) is 12.9. The molecule has 0 radical (unpaired) electrons. The molecule has 0 aliphatic rings. The van der Waals surface area contributed by atoms with Crippen LogP contribution < -0.4 is 0 Å². The lowest BCUT2D eigenvalue weighted by Gasteiger charge is -1.99. The van der Waals surface area contributed by atoms with Crippen LogP contribution in [0.2, 0.25) is 5.02 Å². The van der Waals surface area contributed by atoms with Gasteiger partial charge < -0.3 is 9.52 Å². The Labute approximate surface area is 120 Å². The predicted octanol–water partition coefficient (Wildman–Crippen LogP) is 3.81.